The Balaban J connectivity index is 1.74. The predicted octanol–water partition coefficient (Wildman–Crippen LogP) is 2.18. The summed E-state index contributed by atoms with van der Waals surface area (Å²) in [7, 11) is -3.38. The highest BCUT2D eigenvalue weighted by Gasteiger charge is 2.39. The number of nitrogens with zero attached hydrogens (tertiary/aromatic N) is 2. The predicted molar refractivity (Wildman–Crippen MR) is 100 cm³/mol. The summed E-state index contributed by atoms with van der Waals surface area (Å²) in [5.74, 6) is 0.0283. The van der Waals surface area contributed by atoms with Crippen LogP contribution in [0.4, 0.5) is 0 Å². The molecule has 1 aromatic rings. The minimum Gasteiger partial charge on any atom is -0.370 e. The highest BCUT2D eigenvalue weighted by atomic mass is 32.2. The van der Waals surface area contributed by atoms with Gasteiger partial charge in [-0.05, 0) is 24.8 Å². The van der Waals surface area contributed by atoms with Crippen LogP contribution in [-0.2, 0) is 19.6 Å². The van der Waals surface area contributed by atoms with Gasteiger partial charge in [0.25, 0.3) is 0 Å². The number of sulfonamides is 1. The quantitative estimate of drug-likeness (QED) is 0.785. The second kappa shape index (κ2) is 8.50. The number of benzene rings is 1. The molecular weight excluding hydrogens is 352 g/mol. The molecule has 144 valence electrons. The number of morpholine rings is 1. The fourth-order valence-electron chi connectivity index (χ4n) is 3.79. The Morgan fingerprint density at radius 1 is 1.19 bits per heavy atom. The van der Waals surface area contributed by atoms with Crippen LogP contribution in [0.1, 0.15) is 44.3 Å². The van der Waals surface area contributed by atoms with Gasteiger partial charge in [0.1, 0.15) is 12.1 Å². The van der Waals surface area contributed by atoms with Crippen molar-refractivity contribution in [2.45, 2.75) is 44.8 Å². The summed E-state index contributed by atoms with van der Waals surface area (Å²) < 4.78 is 32.5. The molecule has 26 heavy (non-hydrogen) atoms. The largest absolute Gasteiger partial charge is 0.370 e. The first-order valence-corrected chi connectivity index (χ1v) is 11.1. The van der Waals surface area contributed by atoms with Crippen molar-refractivity contribution in [1.82, 2.24) is 9.21 Å². The average Bonchev–Trinajstić information content (AvgIpc) is 2.68. The van der Waals surface area contributed by atoms with Gasteiger partial charge in [0.15, 0.2) is 0 Å². The first-order valence-electron chi connectivity index (χ1n) is 9.48. The van der Waals surface area contributed by atoms with E-state index in [4.69, 9.17) is 4.74 Å². The molecule has 2 heterocycles. The fourth-order valence-corrected chi connectivity index (χ4v) is 5.53. The Kier molecular flexibility index (Phi) is 6.32. The molecule has 1 aromatic carbocycles. The fraction of sp³-hybridized carbons (Fsp3) is 0.632. The van der Waals surface area contributed by atoms with E-state index in [1.807, 2.05) is 37.3 Å². The van der Waals surface area contributed by atoms with Crippen LogP contribution in [0.5, 0.6) is 0 Å². The normalized spacial score (nSPS) is 25.2. The van der Waals surface area contributed by atoms with Crippen molar-refractivity contribution in [1.29, 1.82) is 0 Å². The zero-order chi connectivity index (χ0) is 18.6. The second-order valence-corrected chi connectivity index (χ2v) is 9.03. The molecule has 0 aliphatic carbocycles. The van der Waals surface area contributed by atoms with Gasteiger partial charge in [0.2, 0.25) is 15.9 Å². The molecule has 6 nitrogen and oxygen atoms in total. The van der Waals surface area contributed by atoms with E-state index in [9.17, 15) is 13.2 Å². The second-order valence-electron chi connectivity index (χ2n) is 6.99. The lowest BCUT2D eigenvalue weighted by atomic mass is 10.0. The number of carbonyl (C=O) groups is 1. The number of amides is 1. The summed E-state index contributed by atoms with van der Waals surface area (Å²) in [5, 5.41) is 0. The lowest BCUT2D eigenvalue weighted by Crippen LogP contribution is -2.55. The third-order valence-electron chi connectivity index (χ3n) is 5.11. The standard InChI is InChI=1S/C19H28N2O4S/c1-2-14-26(23,24)21-11-7-6-10-17(21)19(22)20-12-13-25-18(15-20)16-8-4-3-5-9-16/h3-5,8-9,17-18H,2,6-7,10-15H2,1H3. The minimum atomic E-state index is -3.38. The first-order chi connectivity index (χ1) is 12.5. The Morgan fingerprint density at radius 3 is 2.69 bits per heavy atom. The topological polar surface area (TPSA) is 66.9 Å². The van der Waals surface area contributed by atoms with Crippen molar-refractivity contribution >= 4 is 15.9 Å². The maximum Gasteiger partial charge on any atom is 0.241 e. The SMILES string of the molecule is CCCS(=O)(=O)N1CCCCC1C(=O)N1CCOC(c2ccccc2)C1. The molecule has 0 radical (unpaired) electrons. The van der Waals surface area contributed by atoms with E-state index >= 15 is 0 Å². The highest BCUT2D eigenvalue weighted by Crippen LogP contribution is 2.27. The number of ether oxygens (including phenoxy) is 1. The lowest BCUT2D eigenvalue weighted by molar-refractivity contribution is -0.144. The lowest BCUT2D eigenvalue weighted by Gasteiger charge is -2.39. The molecule has 1 amide bonds. The molecule has 2 unspecified atom stereocenters. The molecule has 7 heteroatoms. The third-order valence-corrected chi connectivity index (χ3v) is 7.18. The van der Waals surface area contributed by atoms with Gasteiger partial charge in [-0.2, -0.15) is 4.31 Å². The summed E-state index contributed by atoms with van der Waals surface area (Å²) in [6.45, 7) is 3.76. The molecule has 2 fully saturated rings. The van der Waals surface area contributed by atoms with Gasteiger partial charge in [0, 0.05) is 13.1 Å². The van der Waals surface area contributed by atoms with Gasteiger partial charge in [-0.3, -0.25) is 4.79 Å². The molecule has 0 bridgehead atoms. The average molecular weight is 381 g/mol. The van der Waals surface area contributed by atoms with Gasteiger partial charge >= 0.3 is 0 Å². The van der Waals surface area contributed by atoms with Crippen LogP contribution in [0, 0.1) is 0 Å². The monoisotopic (exact) mass is 380 g/mol. The Bertz CT molecular complexity index is 708. The Morgan fingerprint density at radius 2 is 1.96 bits per heavy atom. The van der Waals surface area contributed by atoms with Crippen LogP contribution in [0.15, 0.2) is 30.3 Å². The minimum absolute atomic E-state index is 0.0754. The summed E-state index contributed by atoms with van der Waals surface area (Å²) >= 11 is 0. The van der Waals surface area contributed by atoms with E-state index in [2.05, 4.69) is 0 Å². The summed E-state index contributed by atoms with van der Waals surface area (Å²) in [6.07, 6.45) is 2.73. The smallest absolute Gasteiger partial charge is 0.241 e. The van der Waals surface area contributed by atoms with Gasteiger partial charge in [0.05, 0.1) is 18.9 Å². The summed E-state index contributed by atoms with van der Waals surface area (Å²) in [5.41, 5.74) is 1.05. The van der Waals surface area contributed by atoms with Gasteiger partial charge in [-0.25, -0.2) is 8.42 Å². The summed E-state index contributed by atoms with van der Waals surface area (Å²) in [6, 6.07) is 9.30. The van der Waals surface area contributed by atoms with E-state index in [0.717, 1.165) is 18.4 Å². The van der Waals surface area contributed by atoms with Crippen molar-refractivity contribution in [3.8, 4) is 0 Å². The molecule has 2 saturated heterocycles. The van der Waals surface area contributed by atoms with Crippen LogP contribution < -0.4 is 0 Å². The van der Waals surface area contributed by atoms with Gasteiger partial charge in [-0.1, -0.05) is 43.7 Å². The molecule has 2 aliphatic heterocycles. The third kappa shape index (κ3) is 4.27. The Hall–Kier alpha value is -1.44. The van der Waals surface area contributed by atoms with Crippen molar-refractivity contribution in [2.75, 3.05) is 32.0 Å². The number of carbonyl (C=O) groups excluding carboxylic acids is 1. The van der Waals surface area contributed by atoms with E-state index in [1.165, 1.54) is 4.31 Å². The first kappa shape index (κ1) is 19.3. The van der Waals surface area contributed by atoms with Crippen molar-refractivity contribution in [2.24, 2.45) is 0 Å². The number of piperidine rings is 1. The Labute approximate surface area is 156 Å². The molecule has 3 rings (SSSR count). The zero-order valence-electron chi connectivity index (χ0n) is 15.3. The molecular formula is C19H28N2O4S. The van der Waals surface area contributed by atoms with Crippen LogP contribution in [0.25, 0.3) is 0 Å². The van der Waals surface area contributed by atoms with Crippen molar-refractivity contribution in [3.63, 3.8) is 0 Å². The molecule has 0 aromatic heterocycles. The van der Waals surface area contributed by atoms with E-state index < -0.39 is 16.1 Å². The van der Waals surface area contributed by atoms with E-state index in [1.54, 1.807) is 4.90 Å². The van der Waals surface area contributed by atoms with E-state index in [0.29, 0.717) is 39.1 Å². The van der Waals surface area contributed by atoms with Crippen molar-refractivity contribution < 1.29 is 17.9 Å². The van der Waals surface area contributed by atoms with E-state index in [-0.39, 0.29) is 17.8 Å². The van der Waals surface area contributed by atoms with Crippen molar-refractivity contribution in [3.05, 3.63) is 35.9 Å². The molecule has 2 aliphatic rings. The number of rotatable bonds is 5. The number of hydrogen-bond donors (Lipinski definition) is 0. The van der Waals surface area contributed by atoms with Crippen LogP contribution in [0.3, 0.4) is 0 Å². The van der Waals surface area contributed by atoms with Gasteiger partial charge in [-0.15, -0.1) is 0 Å². The zero-order valence-corrected chi connectivity index (χ0v) is 16.2. The maximum absolute atomic E-state index is 13.2. The van der Waals surface area contributed by atoms with Crippen LogP contribution >= 0.6 is 0 Å². The summed E-state index contributed by atoms with van der Waals surface area (Å²) in [4.78, 5) is 14.9. The van der Waals surface area contributed by atoms with Gasteiger partial charge < -0.3 is 9.64 Å². The number of hydrogen-bond acceptors (Lipinski definition) is 4. The van der Waals surface area contributed by atoms with Crippen LogP contribution in [-0.4, -0.2) is 61.6 Å². The highest BCUT2D eigenvalue weighted by molar-refractivity contribution is 7.89. The molecule has 0 N–H and O–H groups in total. The molecule has 0 spiro atoms. The van der Waals surface area contributed by atoms with Crippen LogP contribution in [0.2, 0.25) is 0 Å². The molecule has 2 atom stereocenters. The maximum atomic E-state index is 13.2. The molecule has 0 saturated carbocycles.